The van der Waals surface area contributed by atoms with E-state index >= 15 is 0 Å². The Morgan fingerprint density at radius 2 is 2.05 bits per heavy atom. The number of aromatic nitrogens is 1. The monoisotopic (exact) mass is 352 g/mol. The minimum atomic E-state index is -2.40. The van der Waals surface area contributed by atoms with Gasteiger partial charge in [-0.25, -0.2) is 4.98 Å². The van der Waals surface area contributed by atoms with Crippen molar-refractivity contribution < 1.29 is 13.2 Å². The van der Waals surface area contributed by atoms with Crippen LogP contribution in [0.3, 0.4) is 0 Å². The van der Waals surface area contributed by atoms with Crippen LogP contribution in [0, 0.1) is 6.92 Å². The maximum Gasteiger partial charge on any atom is 0.284 e. The molecule has 0 aromatic carbocycles. The molecule has 0 radical (unpaired) electrons. The number of halogens is 4. The van der Waals surface area contributed by atoms with Crippen LogP contribution in [0.2, 0.25) is 10.3 Å². The number of alkyl halides is 2. The van der Waals surface area contributed by atoms with E-state index < -0.39 is 5.76 Å². The lowest BCUT2D eigenvalue weighted by atomic mass is 10.2. The summed E-state index contributed by atoms with van der Waals surface area (Å²) in [6, 6.07) is 5.12. The van der Waals surface area contributed by atoms with Crippen LogP contribution in [0.1, 0.15) is 17.1 Å². The normalized spacial score (nSPS) is 11.1. The van der Waals surface area contributed by atoms with Gasteiger partial charge in [0.1, 0.15) is 16.7 Å². The van der Waals surface area contributed by atoms with Gasteiger partial charge in [0.05, 0.1) is 18.0 Å². The van der Waals surface area contributed by atoms with Gasteiger partial charge in [0, 0.05) is 0 Å². The third-order valence-corrected chi connectivity index (χ3v) is 3.82. The summed E-state index contributed by atoms with van der Waals surface area (Å²) in [7, 11) is 0. The quantitative estimate of drug-likeness (QED) is 0.710. The van der Waals surface area contributed by atoms with E-state index in [9.17, 15) is 8.78 Å². The van der Waals surface area contributed by atoms with Crippen molar-refractivity contribution in [3.05, 3.63) is 45.6 Å². The SMILES string of the molecule is Cc1cc(Cl)nc(Cl)c1NCc1ccc(CSC(F)F)o1. The molecule has 2 heterocycles. The van der Waals surface area contributed by atoms with E-state index in [0.717, 1.165) is 5.56 Å². The average molecular weight is 353 g/mol. The third kappa shape index (κ3) is 4.76. The van der Waals surface area contributed by atoms with Gasteiger partial charge in [-0.05, 0) is 30.7 Å². The van der Waals surface area contributed by atoms with E-state index in [1.54, 1.807) is 18.2 Å². The number of anilines is 1. The number of hydrogen-bond acceptors (Lipinski definition) is 4. The van der Waals surface area contributed by atoms with Crippen LogP contribution in [0.25, 0.3) is 0 Å². The summed E-state index contributed by atoms with van der Waals surface area (Å²) in [5.74, 6) is -1.13. The molecule has 0 spiro atoms. The fraction of sp³-hybridized carbons (Fsp3) is 0.308. The van der Waals surface area contributed by atoms with Crippen molar-refractivity contribution in [2.75, 3.05) is 5.32 Å². The average Bonchev–Trinajstić information content (AvgIpc) is 2.83. The van der Waals surface area contributed by atoms with Gasteiger partial charge in [0.15, 0.2) is 5.15 Å². The molecular formula is C13H12Cl2F2N2OS. The maximum atomic E-state index is 12.1. The lowest BCUT2D eigenvalue weighted by Gasteiger charge is -2.10. The van der Waals surface area contributed by atoms with E-state index in [-0.39, 0.29) is 10.9 Å². The highest BCUT2D eigenvalue weighted by Gasteiger charge is 2.10. The Morgan fingerprint density at radius 1 is 1.33 bits per heavy atom. The first kappa shape index (κ1) is 16.4. The van der Waals surface area contributed by atoms with E-state index in [4.69, 9.17) is 27.6 Å². The topological polar surface area (TPSA) is 38.1 Å². The van der Waals surface area contributed by atoms with Crippen molar-refractivity contribution in [1.29, 1.82) is 0 Å². The summed E-state index contributed by atoms with van der Waals surface area (Å²) in [6.45, 7) is 2.23. The number of hydrogen-bond donors (Lipinski definition) is 1. The predicted molar refractivity (Wildman–Crippen MR) is 82.3 cm³/mol. The largest absolute Gasteiger partial charge is 0.463 e. The molecular weight excluding hydrogens is 341 g/mol. The van der Waals surface area contributed by atoms with Gasteiger partial charge in [-0.3, -0.25) is 0 Å². The standard InChI is InChI=1S/C13H12Cl2F2N2OS/c1-7-4-10(14)19-12(15)11(7)18-5-8-2-3-9(20-8)6-21-13(16)17/h2-4,13,18H,5-6H2,1H3. The molecule has 0 saturated carbocycles. The number of furan rings is 1. The second-order valence-electron chi connectivity index (χ2n) is 4.22. The molecule has 0 bridgehead atoms. The molecule has 2 aromatic heterocycles. The summed E-state index contributed by atoms with van der Waals surface area (Å²) < 4.78 is 29.6. The molecule has 3 nitrogen and oxygen atoms in total. The van der Waals surface area contributed by atoms with Gasteiger partial charge in [0.2, 0.25) is 0 Å². The fourth-order valence-corrected chi connectivity index (χ4v) is 2.77. The van der Waals surface area contributed by atoms with Crippen LogP contribution >= 0.6 is 35.0 Å². The smallest absolute Gasteiger partial charge is 0.284 e. The van der Waals surface area contributed by atoms with E-state index in [2.05, 4.69) is 10.3 Å². The Kier molecular flexibility index (Phi) is 5.72. The summed E-state index contributed by atoms with van der Waals surface area (Å²) >= 11 is 12.3. The number of pyridine rings is 1. The molecule has 0 aliphatic heterocycles. The zero-order valence-electron chi connectivity index (χ0n) is 11.0. The first-order valence-corrected chi connectivity index (χ1v) is 7.80. The Bertz CT molecular complexity index is 599. The van der Waals surface area contributed by atoms with Crippen LogP contribution < -0.4 is 5.32 Å². The van der Waals surface area contributed by atoms with Crippen molar-refractivity contribution in [2.24, 2.45) is 0 Å². The number of rotatable bonds is 6. The van der Waals surface area contributed by atoms with Gasteiger partial charge in [-0.1, -0.05) is 35.0 Å². The summed E-state index contributed by atoms with van der Waals surface area (Å²) in [5.41, 5.74) is 1.53. The molecule has 2 rings (SSSR count). The van der Waals surface area contributed by atoms with E-state index in [1.807, 2.05) is 6.92 Å². The first-order chi connectivity index (χ1) is 9.95. The zero-order chi connectivity index (χ0) is 15.4. The third-order valence-electron chi connectivity index (χ3n) is 2.65. The highest BCUT2D eigenvalue weighted by molar-refractivity contribution is 7.98. The van der Waals surface area contributed by atoms with Crippen molar-refractivity contribution >= 4 is 40.7 Å². The van der Waals surface area contributed by atoms with Gasteiger partial charge in [-0.15, -0.1) is 0 Å². The molecule has 2 aromatic rings. The van der Waals surface area contributed by atoms with Crippen LogP contribution in [0.15, 0.2) is 22.6 Å². The van der Waals surface area contributed by atoms with Crippen LogP contribution in [0.4, 0.5) is 14.5 Å². The summed E-state index contributed by atoms with van der Waals surface area (Å²) in [5, 5.41) is 3.71. The molecule has 0 fully saturated rings. The molecule has 1 N–H and O–H groups in total. The number of nitrogens with one attached hydrogen (secondary N) is 1. The molecule has 114 valence electrons. The van der Waals surface area contributed by atoms with Crippen molar-refractivity contribution in [3.63, 3.8) is 0 Å². The molecule has 0 aliphatic rings. The molecule has 8 heteroatoms. The Morgan fingerprint density at radius 3 is 2.71 bits per heavy atom. The van der Waals surface area contributed by atoms with Crippen LogP contribution in [-0.2, 0) is 12.3 Å². The number of nitrogens with zero attached hydrogens (tertiary/aromatic N) is 1. The predicted octanol–water partition coefficient (Wildman–Crippen LogP) is 5.36. The molecule has 21 heavy (non-hydrogen) atoms. The number of aryl methyl sites for hydroxylation is 1. The summed E-state index contributed by atoms with van der Waals surface area (Å²) in [6.07, 6.45) is 0. The van der Waals surface area contributed by atoms with Gasteiger partial charge < -0.3 is 9.73 Å². The second kappa shape index (κ2) is 7.33. The van der Waals surface area contributed by atoms with Crippen molar-refractivity contribution in [1.82, 2.24) is 4.98 Å². The Balaban J connectivity index is 1.97. The lowest BCUT2D eigenvalue weighted by Crippen LogP contribution is -2.02. The molecule has 0 amide bonds. The minimum absolute atomic E-state index is 0.139. The second-order valence-corrected chi connectivity index (χ2v) is 5.94. The minimum Gasteiger partial charge on any atom is -0.463 e. The Hall–Kier alpha value is -0.980. The molecule has 0 saturated heterocycles. The Labute approximate surface area is 135 Å². The molecule has 0 unspecified atom stereocenters. The van der Waals surface area contributed by atoms with Crippen molar-refractivity contribution in [2.45, 2.75) is 25.0 Å². The fourth-order valence-electron chi connectivity index (χ4n) is 1.72. The molecule has 0 aliphatic carbocycles. The highest BCUT2D eigenvalue weighted by Crippen LogP contribution is 2.27. The zero-order valence-corrected chi connectivity index (χ0v) is 13.3. The molecule has 0 atom stereocenters. The highest BCUT2D eigenvalue weighted by atomic mass is 35.5. The van der Waals surface area contributed by atoms with Crippen molar-refractivity contribution in [3.8, 4) is 0 Å². The number of thioether (sulfide) groups is 1. The van der Waals surface area contributed by atoms with Crippen LogP contribution in [-0.4, -0.2) is 10.7 Å². The maximum absolute atomic E-state index is 12.1. The lowest BCUT2D eigenvalue weighted by molar-refractivity contribution is 0.251. The van der Waals surface area contributed by atoms with Gasteiger partial charge in [0.25, 0.3) is 5.76 Å². The first-order valence-electron chi connectivity index (χ1n) is 5.99. The summed E-state index contributed by atoms with van der Waals surface area (Å²) in [4.78, 5) is 3.95. The van der Waals surface area contributed by atoms with Crippen LogP contribution in [0.5, 0.6) is 0 Å². The van der Waals surface area contributed by atoms with Gasteiger partial charge >= 0.3 is 0 Å². The van der Waals surface area contributed by atoms with Gasteiger partial charge in [-0.2, -0.15) is 8.78 Å². The van der Waals surface area contributed by atoms with E-state index in [0.29, 0.717) is 40.7 Å². The van der Waals surface area contributed by atoms with E-state index in [1.165, 1.54) is 0 Å².